The maximum absolute atomic E-state index is 13.3. The van der Waals surface area contributed by atoms with Crippen molar-refractivity contribution in [3.63, 3.8) is 0 Å². The zero-order chi connectivity index (χ0) is 16.8. The average Bonchev–Trinajstić information content (AvgIpc) is 2.82. The van der Waals surface area contributed by atoms with Crippen molar-refractivity contribution in [2.75, 3.05) is 11.5 Å². The van der Waals surface area contributed by atoms with Crippen LogP contribution in [0.2, 0.25) is 5.15 Å². The molecule has 1 aliphatic rings. The van der Waals surface area contributed by atoms with Crippen molar-refractivity contribution in [3.8, 4) is 0 Å². The smallest absolute Gasteiger partial charge is 0.321 e. The summed E-state index contributed by atoms with van der Waals surface area (Å²) in [6.45, 7) is 0.0568. The zero-order valence-electron chi connectivity index (χ0n) is 11.8. The van der Waals surface area contributed by atoms with Gasteiger partial charge >= 0.3 is 6.18 Å². The third-order valence-corrected chi connectivity index (χ3v) is 6.06. The lowest BCUT2D eigenvalue weighted by Gasteiger charge is -2.24. The second-order valence-corrected chi connectivity index (χ2v) is 8.30. The minimum absolute atomic E-state index is 0.00790. The van der Waals surface area contributed by atoms with Gasteiger partial charge in [0.05, 0.1) is 16.9 Å². The Balaban J connectivity index is 2.00. The van der Waals surface area contributed by atoms with E-state index >= 15 is 0 Å². The Morgan fingerprint density at radius 2 is 1.91 bits per heavy atom. The average molecular weight is 368 g/mol. The normalized spacial score (nSPS) is 19.3. The van der Waals surface area contributed by atoms with Gasteiger partial charge in [-0.1, -0.05) is 11.6 Å². The predicted octanol–water partition coefficient (Wildman–Crippen LogP) is 2.93. The van der Waals surface area contributed by atoms with E-state index in [2.05, 4.69) is 9.97 Å². The van der Waals surface area contributed by atoms with E-state index in [4.69, 9.17) is 11.6 Å². The molecule has 0 saturated carbocycles. The number of sulfone groups is 1. The Morgan fingerprint density at radius 3 is 2.52 bits per heavy atom. The first-order chi connectivity index (χ1) is 10.7. The second-order valence-electron chi connectivity index (χ2n) is 5.63. The van der Waals surface area contributed by atoms with E-state index in [1.165, 1.54) is 0 Å². The molecule has 10 heteroatoms. The summed E-state index contributed by atoms with van der Waals surface area (Å²) in [7, 11) is -3.06. The highest BCUT2D eigenvalue weighted by Gasteiger charge is 2.37. The molecule has 2 aromatic heterocycles. The third-order valence-electron chi connectivity index (χ3n) is 4.05. The van der Waals surface area contributed by atoms with Gasteiger partial charge in [-0.2, -0.15) is 13.2 Å². The van der Waals surface area contributed by atoms with Gasteiger partial charge in [0.1, 0.15) is 32.7 Å². The summed E-state index contributed by atoms with van der Waals surface area (Å²) in [5.74, 6) is -0.133. The van der Waals surface area contributed by atoms with Crippen LogP contribution in [0.4, 0.5) is 13.2 Å². The molecule has 0 amide bonds. The number of hydrogen-bond donors (Lipinski definition) is 0. The molecule has 126 valence electrons. The quantitative estimate of drug-likeness (QED) is 0.765. The molecule has 0 atom stereocenters. The van der Waals surface area contributed by atoms with E-state index < -0.39 is 21.7 Å². The van der Waals surface area contributed by atoms with Crippen LogP contribution in [0.3, 0.4) is 0 Å². The van der Waals surface area contributed by atoms with E-state index in [9.17, 15) is 21.6 Å². The molecule has 0 N–H and O–H groups in total. The largest absolute Gasteiger partial charge is 0.431 e. The molecular formula is C13H13ClF3N3O2S. The van der Waals surface area contributed by atoms with Gasteiger partial charge < -0.3 is 4.57 Å². The number of alkyl halides is 3. The molecule has 0 aromatic carbocycles. The lowest BCUT2D eigenvalue weighted by Crippen LogP contribution is -2.27. The van der Waals surface area contributed by atoms with Gasteiger partial charge in [-0.05, 0) is 24.8 Å². The van der Waals surface area contributed by atoms with Crippen molar-refractivity contribution >= 4 is 32.5 Å². The molecule has 1 fully saturated rings. The lowest BCUT2D eigenvalue weighted by molar-refractivity contribution is -0.143. The molecule has 1 aliphatic heterocycles. The monoisotopic (exact) mass is 367 g/mol. The van der Waals surface area contributed by atoms with Gasteiger partial charge in [-0.25, -0.2) is 18.4 Å². The van der Waals surface area contributed by atoms with Gasteiger partial charge in [0.2, 0.25) is 0 Å². The van der Waals surface area contributed by atoms with Crippen molar-refractivity contribution in [2.24, 2.45) is 5.92 Å². The molecule has 5 nitrogen and oxygen atoms in total. The molecule has 0 spiro atoms. The molecule has 0 radical (unpaired) electrons. The van der Waals surface area contributed by atoms with Gasteiger partial charge in [-0.3, -0.25) is 0 Å². The molecule has 0 aliphatic carbocycles. The van der Waals surface area contributed by atoms with Crippen LogP contribution >= 0.6 is 11.6 Å². The van der Waals surface area contributed by atoms with Crippen LogP contribution in [-0.2, 0) is 22.6 Å². The molecule has 3 rings (SSSR count). The predicted molar refractivity (Wildman–Crippen MR) is 78.9 cm³/mol. The van der Waals surface area contributed by atoms with E-state index in [1.807, 2.05) is 0 Å². The Morgan fingerprint density at radius 1 is 1.26 bits per heavy atom. The summed E-state index contributed by atoms with van der Waals surface area (Å²) in [4.78, 5) is 7.62. The Bertz CT molecular complexity index is 834. The summed E-state index contributed by atoms with van der Waals surface area (Å²) in [6.07, 6.45) is -2.74. The molecular weight excluding hydrogens is 355 g/mol. The molecule has 2 aromatic rings. The fourth-order valence-corrected chi connectivity index (χ4v) is 4.60. The standard InChI is InChI=1S/C13H13ClF3N3O2S/c14-11-9-5-10(13(15,16)17)20(12(9)19-7-18-11)6-8-1-3-23(21,22)4-2-8/h5,7-8H,1-4,6H2. The van der Waals surface area contributed by atoms with Crippen LogP contribution in [0.25, 0.3) is 11.0 Å². The fraction of sp³-hybridized carbons (Fsp3) is 0.538. The highest BCUT2D eigenvalue weighted by Crippen LogP contribution is 2.36. The first-order valence-corrected chi connectivity index (χ1v) is 9.15. The summed E-state index contributed by atoms with van der Waals surface area (Å²) in [5.41, 5.74) is -0.728. The summed E-state index contributed by atoms with van der Waals surface area (Å²) in [5, 5.41) is 0.107. The fourth-order valence-electron chi connectivity index (χ4n) is 2.83. The summed E-state index contributed by atoms with van der Waals surface area (Å²) in [6, 6.07) is 0.942. The minimum atomic E-state index is -4.55. The van der Waals surface area contributed by atoms with Crippen molar-refractivity contribution in [3.05, 3.63) is 23.2 Å². The zero-order valence-corrected chi connectivity index (χ0v) is 13.4. The second kappa shape index (κ2) is 5.62. The number of rotatable bonds is 2. The first-order valence-electron chi connectivity index (χ1n) is 6.95. The maximum Gasteiger partial charge on any atom is 0.431 e. The number of aromatic nitrogens is 3. The Hall–Kier alpha value is -1.35. The van der Waals surface area contributed by atoms with Crippen LogP contribution in [0, 0.1) is 5.92 Å². The van der Waals surface area contributed by atoms with Crippen LogP contribution in [0.1, 0.15) is 18.5 Å². The van der Waals surface area contributed by atoms with Crippen LogP contribution in [0.5, 0.6) is 0 Å². The molecule has 23 heavy (non-hydrogen) atoms. The topological polar surface area (TPSA) is 64.8 Å². The van der Waals surface area contributed by atoms with E-state index in [-0.39, 0.29) is 40.2 Å². The number of fused-ring (bicyclic) bond motifs is 1. The van der Waals surface area contributed by atoms with Gasteiger partial charge in [0.15, 0.2) is 0 Å². The van der Waals surface area contributed by atoms with Crippen LogP contribution < -0.4 is 0 Å². The van der Waals surface area contributed by atoms with E-state index in [0.717, 1.165) is 17.0 Å². The SMILES string of the molecule is O=S1(=O)CCC(Cn2c(C(F)(F)F)cc3c(Cl)ncnc32)CC1. The third kappa shape index (κ3) is 3.30. The van der Waals surface area contributed by atoms with Crippen molar-refractivity contribution in [1.29, 1.82) is 0 Å². The van der Waals surface area contributed by atoms with Crippen molar-refractivity contribution in [1.82, 2.24) is 14.5 Å². The van der Waals surface area contributed by atoms with Crippen molar-refractivity contribution in [2.45, 2.75) is 25.6 Å². The number of nitrogens with zero attached hydrogens (tertiary/aromatic N) is 3. The molecule has 0 bridgehead atoms. The minimum Gasteiger partial charge on any atom is -0.321 e. The van der Waals surface area contributed by atoms with E-state index in [0.29, 0.717) is 12.8 Å². The maximum atomic E-state index is 13.3. The first kappa shape index (κ1) is 16.5. The van der Waals surface area contributed by atoms with E-state index in [1.54, 1.807) is 0 Å². The summed E-state index contributed by atoms with van der Waals surface area (Å²) >= 11 is 5.86. The molecule has 1 saturated heterocycles. The highest BCUT2D eigenvalue weighted by molar-refractivity contribution is 7.91. The summed E-state index contributed by atoms with van der Waals surface area (Å²) < 4.78 is 63.9. The Labute approximate surface area is 135 Å². The van der Waals surface area contributed by atoms with Gasteiger partial charge in [0, 0.05) is 6.54 Å². The van der Waals surface area contributed by atoms with Gasteiger partial charge in [0.25, 0.3) is 0 Å². The highest BCUT2D eigenvalue weighted by atomic mass is 35.5. The number of hydrogen-bond acceptors (Lipinski definition) is 4. The van der Waals surface area contributed by atoms with Crippen LogP contribution in [0.15, 0.2) is 12.4 Å². The molecule has 0 unspecified atom stereocenters. The van der Waals surface area contributed by atoms with Gasteiger partial charge in [-0.15, -0.1) is 0 Å². The Kier molecular flexibility index (Phi) is 4.04. The van der Waals surface area contributed by atoms with Crippen LogP contribution in [-0.4, -0.2) is 34.5 Å². The molecule has 3 heterocycles. The lowest BCUT2D eigenvalue weighted by atomic mass is 10.0. The van der Waals surface area contributed by atoms with Crippen molar-refractivity contribution < 1.29 is 21.6 Å². The number of halogens is 4.